The van der Waals surface area contributed by atoms with Gasteiger partial charge in [-0.1, -0.05) is 19.1 Å². The molecule has 0 saturated heterocycles. The van der Waals surface area contributed by atoms with Gasteiger partial charge in [0.05, 0.1) is 11.3 Å². The molecular weight excluding hydrogens is 303 g/mol. The van der Waals surface area contributed by atoms with Gasteiger partial charge in [-0.3, -0.25) is 0 Å². The molecule has 0 aromatic heterocycles. The minimum atomic E-state index is -4.38. The van der Waals surface area contributed by atoms with Gasteiger partial charge >= 0.3 is 6.18 Å². The van der Waals surface area contributed by atoms with Gasteiger partial charge in [-0.2, -0.15) is 13.2 Å². The molecule has 7 heteroatoms. The summed E-state index contributed by atoms with van der Waals surface area (Å²) < 4.78 is 61.0. The predicted octanol–water partition coefficient (Wildman–Crippen LogP) is 3.18. The summed E-state index contributed by atoms with van der Waals surface area (Å²) in [5.74, 6) is 0.0176. The molecule has 1 aromatic carbocycles. The van der Waals surface area contributed by atoms with E-state index in [0.29, 0.717) is 5.56 Å². The molecule has 1 aromatic rings. The molecule has 0 spiro atoms. The fourth-order valence-electron chi connectivity index (χ4n) is 2.05. The first-order valence-electron chi connectivity index (χ1n) is 6.69. The number of alkyl halides is 3. The minimum Gasteiger partial charge on any atom is -0.307 e. The van der Waals surface area contributed by atoms with E-state index >= 15 is 0 Å². The summed E-state index contributed by atoms with van der Waals surface area (Å²) in [7, 11) is -3.12. The van der Waals surface area contributed by atoms with Gasteiger partial charge in [0.25, 0.3) is 0 Å². The average Bonchev–Trinajstić information content (AvgIpc) is 2.37. The molecule has 3 nitrogen and oxygen atoms in total. The lowest BCUT2D eigenvalue weighted by Crippen LogP contribution is -2.35. The average molecular weight is 323 g/mol. The first kappa shape index (κ1) is 18.0. The van der Waals surface area contributed by atoms with Crippen molar-refractivity contribution in [3.63, 3.8) is 0 Å². The van der Waals surface area contributed by atoms with E-state index in [9.17, 15) is 21.6 Å². The summed E-state index contributed by atoms with van der Waals surface area (Å²) in [6.07, 6.45) is -4.38. The third-order valence-electron chi connectivity index (χ3n) is 3.19. The van der Waals surface area contributed by atoms with Crippen molar-refractivity contribution in [1.29, 1.82) is 0 Å². The highest BCUT2D eigenvalue weighted by molar-refractivity contribution is 7.91. The van der Waals surface area contributed by atoms with Crippen molar-refractivity contribution in [2.45, 2.75) is 39.0 Å². The van der Waals surface area contributed by atoms with Gasteiger partial charge in [0.15, 0.2) is 9.84 Å². The van der Waals surface area contributed by atoms with Crippen LogP contribution in [0.1, 0.15) is 37.9 Å². The van der Waals surface area contributed by atoms with E-state index in [2.05, 4.69) is 5.32 Å². The van der Waals surface area contributed by atoms with E-state index in [0.717, 1.165) is 12.1 Å². The molecule has 0 aliphatic heterocycles. The molecule has 1 rings (SSSR count). The van der Waals surface area contributed by atoms with Gasteiger partial charge in [0.2, 0.25) is 0 Å². The van der Waals surface area contributed by atoms with Crippen LogP contribution in [0.4, 0.5) is 13.2 Å². The lowest BCUT2D eigenvalue weighted by atomic mass is 10.0. The van der Waals surface area contributed by atoms with Gasteiger partial charge < -0.3 is 5.32 Å². The van der Waals surface area contributed by atoms with Crippen LogP contribution in [0.2, 0.25) is 0 Å². The molecular formula is C14H20F3NO2S. The Morgan fingerprint density at radius 2 is 1.86 bits per heavy atom. The van der Waals surface area contributed by atoms with Crippen molar-refractivity contribution >= 4 is 9.84 Å². The maximum Gasteiger partial charge on any atom is 0.416 e. The first-order valence-corrected chi connectivity index (χ1v) is 8.51. The Morgan fingerprint density at radius 3 is 2.38 bits per heavy atom. The maximum absolute atomic E-state index is 12.7. The zero-order valence-electron chi connectivity index (χ0n) is 12.2. The van der Waals surface area contributed by atoms with Crippen molar-refractivity contribution in [3.8, 4) is 0 Å². The summed E-state index contributed by atoms with van der Waals surface area (Å²) in [4.78, 5) is 0. The van der Waals surface area contributed by atoms with E-state index in [-0.39, 0.29) is 23.6 Å². The molecule has 21 heavy (non-hydrogen) atoms. The third-order valence-corrected chi connectivity index (χ3v) is 5.08. The summed E-state index contributed by atoms with van der Waals surface area (Å²) in [5, 5.41) is 3.02. The molecule has 0 bridgehead atoms. The maximum atomic E-state index is 12.7. The van der Waals surface area contributed by atoms with Gasteiger partial charge in [-0.25, -0.2) is 8.42 Å². The zero-order valence-corrected chi connectivity index (χ0v) is 13.1. The Hall–Kier alpha value is -1.08. The van der Waals surface area contributed by atoms with Crippen LogP contribution in [0.3, 0.4) is 0 Å². The number of sulfone groups is 1. The van der Waals surface area contributed by atoms with Crippen LogP contribution >= 0.6 is 0 Å². The number of hydrogen-bond donors (Lipinski definition) is 1. The predicted molar refractivity (Wildman–Crippen MR) is 76.8 cm³/mol. The number of benzene rings is 1. The van der Waals surface area contributed by atoms with E-state index in [1.807, 2.05) is 0 Å². The molecule has 0 radical (unpaired) electrons. The molecule has 0 saturated carbocycles. The lowest BCUT2D eigenvalue weighted by molar-refractivity contribution is -0.137. The van der Waals surface area contributed by atoms with Crippen LogP contribution in [0.25, 0.3) is 0 Å². The van der Waals surface area contributed by atoms with E-state index in [1.54, 1.807) is 26.8 Å². The molecule has 0 aliphatic rings. The van der Waals surface area contributed by atoms with Gasteiger partial charge in [-0.05, 0) is 31.5 Å². The van der Waals surface area contributed by atoms with Crippen molar-refractivity contribution in [1.82, 2.24) is 5.32 Å². The Kier molecular flexibility index (Phi) is 5.81. The van der Waals surface area contributed by atoms with Crippen LogP contribution in [0.15, 0.2) is 24.3 Å². The van der Waals surface area contributed by atoms with E-state index in [1.165, 1.54) is 6.07 Å². The fraction of sp³-hybridized carbons (Fsp3) is 0.571. The zero-order chi connectivity index (χ0) is 16.3. The van der Waals surface area contributed by atoms with Gasteiger partial charge in [-0.15, -0.1) is 0 Å². The van der Waals surface area contributed by atoms with Crippen molar-refractivity contribution in [3.05, 3.63) is 35.4 Å². The second kappa shape index (κ2) is 6.79. The molecule has 0 amide bonds. The number of rotatable bonds is 6. The Bertz CT molecular complexity index is 570. The van der Waals surface area contributed by atoms with E-state index in [4.69, 9.17) is 0 Å². The number of halogens is 3. The minimum absolute atomic E-state index is 0.0349. The van der Waals surface area contributed by atoms with Crippen LogP contribution in [-0.4, -0.2) is 26.0 Å². The van der Waals surface area contributed by atoms with Gasteiger partial charge in [0, 0.05) is 17.8 Å². The Balaban J connectivity index is 2.78. The van der Waals surface area contributed by atoms with Crippen LogP contribution < -0.4 is 5.32 Å². The summed E-state index contributed by atoms with van der Waals surface area (Å²) in [6.45, 7) is 4.99. The van der Waals surface area contributed by atoms with Crippen molar-refractivity contribution in [2.75, 3.05) is 11.5 Å². The lowest BCUT2D eigenvalue weighted by Gasteiger charge is -2.21. The first-order chi connectivity index (χ1) is 9.55. The third kappa shape index (κ3) is 5.67. The Labute approximate surface area is 123 Å². The van der Waals surface area contributed by atoms with Crippen molar-refractivity contribution < 1.29 is 21.6 Å². The summed E-state index contributed by atoms with van der Waals surface area (Å²) in [5.41, 5.74) is -0.229. The SMILES string of the molecule is CCS(=O)(=O)CC(C)NC(C)c1cccc(C(F)(F)F)c1. The normalized spacial score (nSPS) is 15.7. The largest absolute Gasteiger partial charge is 0.416 e. The monoisotopic (exact) mass is 323 g/mol. The van der Waals surface area contributed by atoms with Gasteiger partial charge in [0.1, 0.15) is 0 Å². The molecule has 0 fully saturated rings. The second-order valence-corrected chi connectivity index (χ2v) is 7.51. The molecule has 0 heterocycles. The fourth-order valence-corrected chi connectivity index (χ4v) is 3.15. The second-order valence-electron chi connectivity index (χ2n) is 5.11. The van der Waals surface area contributed by atoms with Crippen LogP contribution in [0.5, 0.6) is 0 Å². The Morgan fingerprint density at radius 1 is 1.24 bits per heavy atom. The van der Waals surface area contributed by atoms with Crippen molar-refractivity contribution in [2.24, 2.45) is 0 Å². The molecule has 1 N–H and O–H groups in total. The standard InChI is InChI=1S/C14H20F3NO2S/c1-4-21(19,20)9-10(2)18-11(3)12-6-5-7-13(8-12)14(15,16)17/h5-8,10-11,18H,4,9H2,1-3H3. The van der Waals surface area contributed by atoms with Crippen LogP contribution in [-0.2, 0) is 16.0 Å². The highest BCUT2D eigenvalue weighted by atomic mass is 32.2. The summed E-state index contributed by atoms with van der Waals surface area (Å²) in [6, 6.07) is 4.34. The molecule has 0 aliphatic carbocycles. The van der Waals surface area contributed by atoms with E-state index < -0.39 is 21.6 Å². The number of nitrogens with one attached hydrogen (secondary N) is 1. The quantitative estimate of drug-likeness (QED) is 0.874. The summed E-state index contributed by atoms with van der Waals surface area (Å²) >= 11 is 0. The highest BCUT2D eigenvalue weighted by Crippen LogP contribution is 2.30. The van der Waals surface area contributed by atoms with Crippen LogP contribution in [0, 0.1) is 0 Å². The number of hydrogen-bond acceptors (Lipinski definition) is 3. The molecule has 2 atom stereocenters. The smallest absolute Gasteiger partial charge is 0.307 e. The highest BCUT2D eigenvalue weighted by Gasteiger charge is 2.30. The topological polar surface area (TPSA) is 46.2 Å². The molecule has 2 unspecified atom stereocenters. The molecule has 120 valence electrons.